The lowest BCUT2D eigenvalue weighted by atomic mass is 10.0. The molecule has 2 rings (SSSR count). The third-order valence-electron chi connectivity index (χ3n) is 3.81. The first-order chi connectivity index (χ1) is 8.08. The zero-order valence-corrected chi connectivity index (χ0v) is 11.1. The second kappa shape index (κ2) is 4.96. The molecule has 1 aromatic carbocycles. The van der Waals surface area contributed by atoms with E-state index in [0.29, 0.717) is 0 Å². The van der Waals surface area contributed by atoms with Crippen molar-refractivity contribution in [3.05, 3.63) is 23.8 Å². The van der Waals surface area contributed by atoms with Crippen LogP contribution in [0, 0.1) is 6.92 Å². The summed E-state index contributed by atoms with van der Waals surface area (Å²) in [5.74, 6) is 0. The van der Waals surface area contributed by atoms with Gasteiger partial charge in [-0.2, -0.15) is 0 Å². The average Bonchev–Trinajstić information content (AvgIpc) is 2.33. The molecule has 1 aliphatic rings. The van der Waals surface area contributed by atoms with Crippen LogP contribution >= 0.6 is 0 Å². The SMILES string of the molecule is Cc1cc(N2CCC(N(C)C)CC2)ccc1N. The molecule has 1 heterocycles. The van der Waals surface area contributed by atoms with E-state index in [4.69, 9.17) is 5.73 Å². The number of nitrogens with zero attached hydrogens (tertiary/aromatic N) is 2. The number of anilines is 2. The molecule has 0 amide bonds. The van der Waals surface area contributed by atoms with Gasteiger partial charge in [-0.05, 0) is 57.6 Å². The number of aryl methyl sites for hydroxylation is 1. The zero-order chi connectivity index (χ0) is 12.4. The van der Waals surface area contributed by atoms with Crippen molar-refractivity contribution in [1.29, 1.82) is 0 Å². The molecule has 3 heteroatoms. The van der Waals surface area contributed by atoms with Crippen molar-refractivity contribution in [3.8, 4) is 0 Å². The van der Waals surface area contributed by atoms with Gasteiger partial charge in [0, 0.05) is 30.5 Å². The van der Waals surface area contributed by atoms with Crippen LogP contribution in [0.25, 0.3) is 0 Å². The summed E-state index contributed by atoms with van der Waals surface area (Å²) in [5.41, 5.74) is 9.23. The lowest BCUT2D eigenvalue weighted by molar-refractivity contribution is 0.249. The lowest BCUT2D eigenvalue weighted by Gasteiger charge is -2.36. The van der Waals surface area contributed by atoms with E-state index in [1.807, 2.05) is 6.07 Å². The predicted molar refractivity (Wildman–Crippen MR) is 74.5 cm³/mol. The van der Waals surface area contributed by atoms with Crippen molar-refractivity contribution < 1.29 is 0 Å². The quantitative estimate of drug-likeness (QED) is 0.794. The molecule has 0 unspecified atom stereocenters. The van der Waals surface area contributed by atoms with Gasteiger partial charge in [0.2, 0.25) is 0 Å². The van der Waals surface area contributed by atoms with Gasteiger partial charge in [0.15, 0.2) is 0 Å². The maximum absolute atomic E-state index is 5.85. The summed E-state index contributed by atoms with van der Waals surface area (Å²) in [7, 11) is 4.35. The van der Waals surface area contributed by atoms with E-state index >= 15 is 0 Å². The number of piperidine rings is 1. The van der Waals surface area contributed by atoms with Crippen LogP contribution in [0.5, 0.6) is 0 Å². The van der Waals surface area contributed by atoms with E-state index < -0.39 is 0 Å². The molecule has 94 valence electrons. The minimum atomic E-state index is 0.737. The third kappa shape index (κ3) is 2.72. The van der Waals surface area contributed by atoms with Crippen LogP contribution in [0.2, 0.25) is 0 Å². The van der Waals surface area contributed by atoms with E-state index in [0.717, 1.165) is 24.8 Å². The first-order valence-electron chi connectivity index (χ1n) is 6.35. The van der Waals surface area contributed by atoms with Crippen LogP contribution in [0.15, 0.2) is 18.2 Å². The highest BCUT2D eigenvalue weighted by atomic mass is 15.2. The smallest absolute Gasteiger partial charge is 0.0370 e. The average molecular weight is 233 g/mol. The third-order valence-corrected chi connectivity index (χ3v) is 3.81. The summed E-state index contributed by atoms with van der Waals surface area (Å²) < 4.78 is 0. The molecule has 1 aromatic rings. The van der Waals surface area contributed by atoms with Gasteiger partial charge in [-0.15, -0.1) is 0 Å². The summed E-state index contributed by atoms with van der Waals surface area (Å²) in [4.78, 5) is 4.80. The maximum Gasteiger partial charge on any atom is 0.0370 e. The zero-order valence-electron chi connectivity index (χ0n) is 11.1. The van der Waals surface area contributed by atoms with E-state index in [9.17, 15) is 0 Å². The fourth-order valence-electron chi connectivity index (χ4n) is 2.50. The summed E-state index contributed by atoms with van der Waals surface area (Å²) in [6, 6.07) is 7.09. The van der Waals surface area contributed by atoms with Gasteiger partial charge in [0.1, 0.15) is 0 Å². The Morgan fingerprint density at radius 3 is 2.41 bits per heavy atom. The van der Waals surface area contributed by atoms with Gasteiger partial charge in [0.25, 0.3) is 0 Å². The van der Waals surface area contributed by atoms with Gasteiger partial charge in [0.05, 0.1) is 0 Å². The molecular formula is C14H23N3. The summed E-state index contributed by atoms with van der Waals surface area (Å²) >= 11 is 0. The highest BCUT2D eigenvalue weighted by Gasteiger charge is 2.20. The molecule has 2 N–H and O–H groups in total. The van der Waals surface area contributed by atoms with Crippen LogP contribution in [0.1, 0.15) is 18.4 Å². The van der Waals surface area contributed by atoms with Crippen molar-refractivity contribution in [2.75, 3.05) is 37.8 Å². The van der Waals surface area contributed by atoms with Crippen molar-refractivity contribution in [2.45, 2.75) is 25.8 Å². The molecule has 0 saturated carbocycles. The topological polar surface area (TPSA) is 32.5 Å². The molecule has 1 fully saturated rings. The number of hydrogen-bond donors (Lipinski definition) is 1. The molecule has 0 aromatic heterocycles. The molecule has 0 radical (unpaired) electrons. The molecule has 1 aliphatic heterocycles. The van der Waals surface area contributed by atoms with E-state index in [1.165, 1.54) is 24.1 Å². The number of nitrogen functional groups attached to an aromatic ring is 1. The fourth-order valence-corrected chi connectivity index (χ4v) is 2.50. The molecular weight excluding hydrogens is 210 g/mol. The molecule has 17 heavy (non-hydrogen) atoms. The summed E-state index contributed by atoms with van der Waals surface area (Å²) in [5, 5.41) is 0. The molecule has 0 atom stereocenters. The summed E-state index contributed by atoms with van der Waals surface area (Å²) in [6.45, 7) is 4.36. The molecule has 0 aliphatic carbocycles. The minimum absolute atomic E-state index is 0.737. The Labute approximate surface area is 104 Å². The first-order valence-corrected chi connectivity index (χ1v) is 6.35. The van der Waals surface area contributed by atoms with E-state index in [1.54, 1.807) is 0 Å². The molecule has 0 spiro atoms. The predicted octanol–water partition coefficient (Wildman–Crippen LogP) is 2.11. The van der Waals surface area contributed by atoms with Gasteiger partial charge in [-0.25, -0.2) is 0 Å². The molecule has 0 bridgehead atoms. The van der Waals surface area contributed by atoms with Crippen LogP contribution < -0.4 is 10.6 Å². The molecule has 1 saturated heterocycles. The van der Waals surface area contributed by atoms with Crippen LogP contribution in [0.4, 0.5) is 11.4 Å². The Balaban J connectivity index is 2.03. The second-order valence-corrected chi connectivity index (χ2v) is 5.22. The first kappa shape index (κ1) is 12.2. The highest BCUT2D eigenvalue weighted by Crippen LogP contribution is 2.24. The van der Waals surface area contributed by atoms with Gasteiger partial charge < -0.3 is 15.5 Å². The van der Waals surface area contributed by atoms with Gasteiger partial charge >= 0.3 is 0 Å². The largest absolute Gasteiger partial charge is 0.399 e. The Kier molecular flexibility index (Phi) is 3.57. The Bertz CT molecular complexity index is 379. The minimum Gasteiger partial charge on any atom is -0.399 e. The number of benzene rings is 1. The lowest BCUT2D eigenvalue weighted by Crippen LogP contribution is -2.42. The standard InChI is InChI=1S/C14H23N3/c1-11-10-13(4-5-14(11)15)17-8-6-12(7-9-17)16(2)3/h4-5,10,12H,6-9,15H2,1-3H3. The highest BCUT2D eigenvalue weighted by molar-refractivity contribution is 5.58. The van der Waals surface area contributed by atoms with Crippen LogP contribution in [-0.2, 0) is 0 Å². The van der Waals surface area contributed by atoms with Crippen molar-refractivity contribution in [2.24, 2.45) is 0 Å². The summed E-state index contributed by atoms with van der Waals surface area (Å²) in [6.07, 6.45) is 2.49. The van der Waals surface area contributed by atoms with Gasteiger partial charge in [-0.3, -0.25) is 0 Å². The van der Waals surface area contributed by atoms with Crippen molar-refractivity contribution >= 4 is 11.4 Å². The van der Waals surface area contributed by atoms with Gasteiger partial charge in [-0.1, -0.05) is 0 Å². The van der Waals surface area contributed by atoms with E-state index in [-0.39, 0.29) is 0 Å². The van der Waals surface area contributed by atoms with Crippen LogP contribution in [0.3, 0.4) is 0 Å². The number of rotatable bonds is 2. The Morgan fingerprint density at radius 2 is 1.88 bits per heavy atom. The fraction of sp³-hybridized carbons (Fsp3) is 0.571. The number of hydrogen-bond acceptors (Lipinski definition) is 3. The number of nitrogens with two attached hydrogens (primary N) is 1. The van der Waals surface area contributed by atoms with E-state index in [2.05, 4.69) is 43.0 Å². The van der Waals surface area contributed by atoms with Crippen molar-refractivity contribution in [1.82, 2.24) is 4.90 Å². The van der Waals surface area contributed by atoms with Crippen molar-refractivity contribution in [3.63, 3.8) is 0 Å². The maximum atomic E-state index is 5.85. The molecule has 3 nitrogen and oxygen atoms in total. The Morgan fingerprint density at radius 1 is 1.24 bits per heavy atom. The Hall–Kier alpha value is -1.22. The van der Waals surface area contributed by atoms with Crippen LogP contribution in [-0.4, -0.2) is 38.1 Å². The second-order valence-electron chi connectivity index (χ2n) is 5.22. The normalized spacial score (nSPS) is 17.8. The monoisotopic (exact) mass is 233 g/mol.